The second kappa shape index (κ2) is 9.30. The van der Waals surface area contributed by atoms with Crippen LogP contribution >= 0.6 is 0 Å². The van der Waals surface area contributed by atoms with Crippen molar-refractivity contribution in [3.63, 3.8) is 0 Å². The van der Waals surface area contributed by atoms with Gasteiger partial charge in [-0.2, -0.15) is 0 Å². The standard InChI is InChI=1S/C10H20O.C9H14O/c1-10(2,3)8-9-4-6-11-7-5-9;1-3-8(2)6-9-4-5-10-7-9/h9H,4-8H2,1-3H3;4-5,7-8H,3,6H2,1-2H3. The molecule has 2 rings (SSSR count). The summed E-state index contributed by atoms with van der Waals surface area (Å²) in [5.41, 5.74) is 1.82. The van der Waals surface area contributed by atoms with Gasteiger partial charge in [-0.25, -0.2) is 0 Å². The molecule has 1 unspecified atom stereocenters. The van der Waals surface area contributed by atoms with Gasteiger partial charge in [-0.15, -0.1) is 0 Å². The molecule has 1 aromatic rings. The van der Waals surface area contributed by atoms with E-state index in [1.54, 1.807) is 6.26 Å². The summed E-state index contributed by atoms with van der Waals surface area (Å²) in [6.07, 6.45) is 9.85. The molecule has 1 aromatic heterocycles. The maximum atomic E-state index is 5.31. The van der Waals surface area contributed by atoms with Crippen LogP contribution in [0.2, 0.25) is 0 Å². The summed E-state index contributed by atoms with van der Waals surface area (Å²) >= 11 is 0. The Morgan fingerprint density at radius 1 is 1.24 bits per heavy atom. The summed E-state index contributed by atoms with van der Waals surface area (Å²) in [7, 11) is 0. The molecule has 0 bridgehead atoms. The Labute approximate surface area is 131 Å². The molecule has 0 aromatic carbocycles. The molecule has 2 heterocycles. The molecule has 1 aliphatic rings. The van der Waals surface area contributed by atoms with Gasteiger partial charge >= 0.3 is 0 Å². The van der Waals surface area contributed by atoms with Crippen LogP contribution in [-0.4, -0.2) is 13.2 Å². The minimum absolute atomic E-state index is 0.502. The van der Waals surface area contributed by atoms with Crippen LogP contribution in [0.4, 0.5) is 0 Å². The molecule has 122 valence electrons. The van der Waals surface area contributed by atoms with E-state index in [1.807, 2.05) is 12.3 Å². The zero-order valence-electron chi connectivity index (χ0n) is 14.7. The highest BCUT2D eigenvalue weighted by Crippen LogP contribution is 2.29. The SMILES string of the molecule is CC(C)(C)CC1CCOCC1.CCC(C)Cc1ccoc1. The highest BCUT2D eigenvalue weighted by molar-refractivity contribution is 5.05. The Morgan fingerprint density at radius 2 is 1.90 bits per heavy atom. The first-order chi connectivity index (χ1) is 9.90. The van der Waals surface area contributed by atoms with Gasteiger partial charge in [0.05, 0.1) is 12.5 Å². The zero-order valence-corrected chi connectivity index (χ0v) is 14.7. The molecule has 1 fully saturated rings. The van der Waals surface area contributed by atoms with Crippen molar-refractivity contribution in [3.8, 4) is 0 Å². The highest BCUT2D eigenvalue weighted by atomic mass is 16.5. The normalized spacial score (nSPS) is 18.0. The molecule has 0 saturated carbocycles. The van der Waals surface area contributed by atoms with E-state index in [2.05, 4.69) is 34.6 Å². The smallest absolute Gasteiger partial charge is 0.0934 e. The van der Waals surface area contributed by atoms with Crippen LogP contribution < -0.4 is 0 Å². The monoisotopic (exact) mass is 294 g/mol. The summed E-state index contributed by atoms with van der Waals surface area (Å²) in [6.45, 7) is 13.4. The Morgan fingerprint density at radius 3 is 2.38 bits per heavy atom. The molecule has 0 spiro atoms. The second-order valence-corrected chi connectivity index (χ2v) is 7.67. The first kappa shape index (κ1) is 18.3. The highest BCUT2D eigenvalue weighted by Gasteiger charge is 2.20. The van der Waals surface area contributed by atoms with Crippen LogP contribution in [0, 0.1) is 17.3 Å². The summed E-state index contributed by atoms with van der Waals surface area (Å²) in [5.74, 6) is 1.70. The van der Waals surface area contributed by atoms with Gasteiger partial charge in [0.15, 0.2) is 0 Å². The van der Waals surface area contributed by atoms with Gasteiger partial charge in [0.2, 0.25) is 0 Å². The maximum Gasteiger partial charge on any atom is 0.0934 e. The van der Waals surface area contributed by atoms with Crippen LogP contribution in [0.25, 0.3) is 0 Å². The van der Waals surface area contributed by atoms with Crippen molar-refractivity contribution in [2.75, 3.05) is 13.2 Å². The van der Waals surface area contributed by atoms with E-state index in [9.17, 15) is 0 Å². The van der Waals surface area contributed by atoms with Crippen molar-refractivity contribution < 1.29 is 9.15 Å². The van der Waals surface area contributed by atoms with Crippen LogP contribution in [0.5, 0.6) is 0 Å². The first-order valence-corrected chi connectivity index (χ1v) is 8.49. The van der Waals surface area contributed by atoms with E-state index in [4.69, 9.17) is 9.15 Å². The van der Waals surface area contributed by atoms with Crippen molar-refractivity contribution in [2.45, 2.75) is 66.7 Å². The third kappa shape index (κ3) is 8.98. The molecule has 2 nitrogen and oxygen atoms in total. The van der Waals surface area contributed by atoms with Gasteiger partial charge in [0.25, 0.3) is 0 Å². The predicted octanol–water partition coefficient (Wildman–Crippen LogP) is 5.72. The van der Waals surface area contributed by atoms with E-state index in [0.717, 1.165) is 31.5 Å². The lowest BCUT2D eigenvalue weighted by atomic mass is 9.81. The lowest BCUT2D eigenvalue weighted by molar-refractivity contribution is 0.0532. The predicted molar refractivity (Wildman–Crippen MR) is 89.5 cm³/mol. The molecule has 0 N–H and O–H groups in total. The van der Waals surface area contributed by atoms with Crippen LogP contribution in [-0.2, 0) is 11.2 Å². The van der Waals surface area contributed by atoms with Crippen molar-refractivity contribution in [2.24, 2.45) is 17.3 Å². The quantitative estimate of drug-likeness (QED) is 0.709. The fraction of sp³-hybridized carbons (Fsp3) is 0.789. The van der Waals surface area contributed by atoms with Crippen LogP contribution in [0.15, 0.2) is 23.0 Å². The molecule has 1 saturated heterocycles. The van der Waals surface area contributed by atoms with Crippen molar-refractivity contribution in [3.05, 3.63) is 24.2 Å². The van der Waals surface area contributed by atoms with E-state index >= 15 is 0 Å². The van der Waals surface area contributed by atoms with Crippen molar-refractivity contribution in [1.29, 1.82) is 0 Å². The number of rotatable bonds is 4. The molecular formula is C19H34O2. The number of hydrogen-bond donors (Lipinski definition) is 0. The summed E-state index contributed by atoms with van der Waals surface area (Å²) in [4.78, 5) is 0. The molecule has 0 amide bonds. The Hall–Kier alpha value is -0.760. The average Bonchev–Trinajstić information content (AvgIpc) is 2.91. The average molecular weight is 294 g/mol. The van der Waals surface area contributed by atoms with Gasteiger partial charge in [-0.1, -0.05) is 41.0 Å². The van der Waals surface area contributed by atoms with E-state index in [-0.39, 0.29) is 0 Å². The lowest BCUT2D eigenvalue weighted by Crippen LogP contribution is -2.20. The van der Waals surface area contributed by atoms with Crippen LogP contribution in [0.1, 0.15) is 65.9 Å². The largest absolute Gasteiger partial charge is 0.472 e. The van der Waals surface area contributed by atoms with E-state index < -0.39 is 0 Å². The third-order valence-electron chi connectivity index (χ3n) is 4.10. The molecule has 1 atom stereocenters. The Kier molecular flexibility index (Phi) is 8.10. The second-order valence-electron chi connectivity index (χ2n) is 7.67. The van der Waals surface area contributed by atoms with Gasteiger partial charge in [0, 0.05) is 13.2 Å². The lowest BCUT2D eigenvalue weighted by Gasteiger charge is -2.28. The summed E-state index contributed by atoms with van der Waals surface area (Å²) in [5, 5.41) is 0. The first-order valence-electron chi connectivity index (χ1n) is 8.49. The molecule has 0 aliphatic carbocycles. The molecule has 1 aliphatic heterocycles. The number of ether oxygens (including phenoxy) is 1. The van der Waals surface area contributed by atoms with Gasteiger partial charge in [-0.3, -0.25) is 0 Å². The summed E-state index contributed by atoms with van der Waals surface area (Å²) in [6, 6.07) is 2.03. The topological polar surface area (TPSA) is 22.4 Å². The van der Waals surface area contributed by atoms with Gasteiger partial charge < -0.3 is 9.15 Å². The minimum atomic E-state index is 0.502. The molecule has 2 heteroatoms. The van der Waals surface area contributed by atoms with Gasteiger partial charge in [0.1, 0.15) is 0 Å². The van der Waals surface area contributed by atoms with E-state index in [1.165, 1.54) is 31.2 Å². The van der Waals surface area contributed by atoms with Crippen LogP contribution in [0.3, 0.4) is 0 Å². The fourth-order valence-corrected chi connectivity index (χ4v) is 2.77. The summed E-state index contributed by atoms with van der Waals surface area (Å²) < 4.78 is 10.3. The van der Waals surface area contributed by atoms with Crippen molar-refractivity contribution in [1.82, 2.24) is 0 Å². The number of hydrogen-bond acceptors (Lipinski definition) is 2. The third-order valence-corrected chi connectivity index (χ3v) is 4.10. The molecule has 0 radical (unpaired) electrons. The number of furan rings is 1. The zero-order chi connectivity index (χ0) is 15.7. The molecular weight excluding hydrogens is 260 g/mol. The Balaban J connectivity index is 0.000000211. The molecule has 21 heavy (non-hydrogen) atoms. The Bertz CT molecular complexity index is 342. The fourth-order valence-electron chi connectivity index (χ4n) is 2.77. The maximum absolute atomic E-state index is 5.31. The van der Waals surface area contributed by atoms with E-state index in [0.29, 0.717) is 5.41 Å². The van der Waals surface area contributed by atoms with Gasteiger partial charge in [-0.05, 0) is 54.6 Å². The van der Waals surface area contributed by atoms with Crippen molar-refractivity contribution >= 4 is 0 Å². The minimum Gasteiger partial charge on any atom is -0.472 e.